The van der Waals surface area contributed by atoms with Gasteiger partial charge in [-0.05, 0) is 13.8 Å². The van der Waals surface area contributed by atoms with Crippen molar-refractivity contribution in [3.05, 3.63) is 0 Å². The van der Waals surface area contributed by atoms with Gasteiger partial charge in [0.1, 0.15) is 6.04 Å². The number of aliphatic carboxylic acids is 1. The lowest BCUT2D eigenvalue weighted by Crippen LogP contribution is -2.51. The van der Waals surface area contributed by atoms with Crippen LogP contribution in [-0.4, -0.2) is 77.0 Å². The van der Waals surface area contributed by atoms with Crippen LogP contribution < -0.4 is 0 Å². The number of rotatable bonds is 5. The Morgan fingerprint density at radius 2 is 2.16 bits per heavy atom. The van der Waals surface area contributed by atoms with Gasteiger partial charge in [0.05, 0.1) is 18.8 Å². The summed E-state index contributed by atoms with van der Waals surface area (Å²) in [6.45, 7) is 4.57. The number of aliphatic hydroxyl groups is 1. The normalized spacial score (nSPS) is 24.3. The van der Waals surface area contributed by atoms with E-state index in [0.717, 1.165) is 0 Å². The van der Waals surface area contributed by atoms with Gasteiger partial charge in [-0.3, -0.25) is 0 Å². The molecule has 3 atom stereocenters. The van der Waals surface area contributed by atoms with Crippen LogP contribution >= 0.6 is 0 Å². The molecule has 0 spiro atoms. The number of carbonyl (C=O) groups is 2. The molecule has 3 unspecified atom stereocenters. The van der Waals surface area contributed by atoms with Crippen molar-refractivity contribution in [2.24, 2.45) is 0 Å². The molecule has 7 heteroatoms. The van der Waals surface area contributed by atoms with E-state index in [1.807, 2.05) is 13.8 Å². The van der Waals surface area contributed by atoms with Crippen LogP contribution in [0, 0.1) is 0 Å². The van der Waals surface area contributed by atoms with E-state index in [2.05, 4.69) is 0 Å². The number of nitrogens with zero attached hydrogens (tertiary/aromatic N) is 2. The predicted octanol–water partition coefficient (Wildman–Crippen LogP) is -0.0170. The van der Waals surface area contributed by atoms with E-state index in [4.69, 9.17) is 9.84 Å². The fourth-order valence-corrected chi connectivity index (χ4v) is 2.39. The number of hydrogen-bond acceptors (Lipinski definition) is 4. The summed E-state index contributed by atoms with van der Waals surface area (Å²) in [5.41, 5.74) is 0. The topological polar surface area (TPSA) is 90.3 Å². The zero-order chi connectivity index (χ0) is 14.6. The fourth-order valence-electron chi connectivity index (χ4n) is 2.39. The van der Waals surface area contributed by atoms with Crippen LogP contribution in [0.25, 0.3) is 0 Å². The lowest BCUT2D eigenvalue weighted by Gasteiger charge is -2.33. The Bertz CT molecular complexity index is 336. The Morgan fingerprint density at radius 1 is 1.53 bits per heavy atom. The van der Waals surface area contributed by atoms with E-state index in [-0.39, 0.29) is 25.0 Å². The average Bonchev–Trinajstić information content (AvgIpc) is 2.72. The first kappa shape index (κ1) is 15.7. The van der Waals surface area contributed by atoms with Crippen molar-refractivity contribution in [3.8, 4) is 0 Å². The molecule has 2 amide bonds. The Balaban J connectivity index is 2.81. The molecule has 110 valence electrons. The highest BCUT2D eigenvalue weighted by Gasteiger charge is 2.41. The summed E-state index contributed by atoms with van der Waals surface area (Å²) < 4.78 is 5.02. The van der Waals surface area contributed by atoms with Crippen LogP contribution in [-0.2, 0) is 9.53 Å². The zero-order valence-corrected chi connectivity index (χ0v) is 11.6. The van der Waals surface area contributed by atoms with E-state index in [0.29, 0.717) is 13.2 Å². The third-order valence-electron chi connectivity index (χ3n) is 3.34. The highest BCUT2D eigenvalue weighted by molar-refractivity contribution is 5.83. The second-order valence-corrected chi connectivity index (χ2v) is 4.77. The molecule has 0 aliphatic carbocycles. The number of carboxylic acid groups (broad SMARTS) is 1. The smallest absolute Gasteiger partial charge is 0.326 e. The SMILES string of the molecule is CCN(C(=O)N1CC(O)CC1C(=O)O)C(C)COC. The number of aliphatic hydroxyl groups excluding tert-OH is 1. The maximum atomic E-state index is 12.4. The monoisotopic (exact) mass is 274 g/mol. The minimum absolute atomic E-state index is 0.0615. The van der Waals surface area contributed by atoms with Gasteiger partial charge in [-0.25, -0.2) is 9.59 Å². The molecule has 0 bridgehead atoms. The lowest BCUT2D eigenvalue weighted by molar-refractivity contribution is -0.141. The van der Waals surface area contributed by atoms with Crippen molar-refractivity contribution >= 4 is 12.0 Å². The van der Waals surface area contributed by atoms with Crippen LogP contribution in [0.4, 0.5) is 4.79 Å². The van der Waals surface area contributed by atoms with Gasteiger partial charge in [0.2, 0.25) is 0 Å². The van der Waals surface area contributed by atoms with Crippen molar-refractivity contribution in [1.29, 1.82) is 0 Å². The summed E-state index contributed by atoms with van der Waals surface area (Å²) in [5.74, 6) is -1.08. The first-order valence-corrected chi connectivity index (χ1v) is 6.39. The van der Waals surface area contributed by atoms with Gasteiger partial charge in [0.25, 0.3) is 0 Å². The quantitative estimate of drug-likeness (QED) is 0.735. The number of likely N-dealkylation sites (N-methyl/N-ethyl adjacent to an activating group) is 1. The van der Waals surface area contributed by atoms with Crippen molar-refractivity contribution in [2.45, 2.75) is 38.5 Å². The molecular formula is C12H22N2O5. The second kappa shape index (κ2) is 6.72. The Kier molecular flexibility index (Phi) is 5.56. The summed E-state index contributed by atoms with van der Waals surface area (Å²) in [6.07, 6.45) is -0.696. The number of likely N-dealkylation sites (tertiary alicyclic amines) is 1. The van der Waals surface area contributed by atoms with Crippen LogP contribution in [0.2, 0.25) is 0 Å². The fraction of sp³-hybridized carbons (Fsp3) is 0.833. The van der Waals surface area contributed by atoms with E-state index in [1.165, 1.54) is 4.90 Å². The third-order valence-corrected chi connectivity index (χ3v) is 3.34. The lowest BCUT2D eigenvalue weighted by atomic mass is 10.2. The number of carboxylic acids is 1. The first-order valence-electron chi connectivity index (χ1n) is 6.39. The molecule has 19 heavy (non-hydrogen) atoms. The summed E-state index contributed by atoms with van der Waals surface area (Å²) in [5, 5.41) is 18.7. The minimum atomic E-state index is -1.08. The molecular weight excluding hydrogens is 252 g/mol. The molecule has 7 nitrogen and oxygen atoms in total. The molecule has 1 fully saturated rings. The maximum absolute atomic E-state index is 12.4. The highest BCUT2D eigenvalue weighted by Crippen LogP contribution is 2.20. The predicted molar refractivity (Wildman–Crippen MR) is 67.9 cm³/mol. The summed E-state index contributed by atoms with van der Waals surface area (Å²) >= 11 is 0. The van der Waals surface area contributed by atoms with Crippen LogP contribution in [0.5, 0.6) is 0 Å². The van der Waals surface area contributed by atoms with Crippen LogP contribution in [0.3, 0.4) is 0 Å². The van der Waals surface area contributed by atoms with E-state index < -0.39 is 18.1 Å². The zero-order valence-electron chi connectivity index (χ0n) is 11.6. The highest BCUT2D eigenvalue weighted by atomic mass is 16.5. The van der Waals surface area contributed by atoms with Gasteiger partial charge < -0.3 is 24.7 Å². The van der Waals surface area contributed by atoms with E-state index in [9.17, 15) is 14.7 Å². The van der Waals surface area contributed by atoms with Gasteiger partial charge in [-0.15, -0.1) is 0 Å². The molecule has 1 saturated heterocycles. The number of amides is 2. The van der Waals surface area contributed by atoms with Crippen molar-refractivity contribution in [3.63, 3.8) is 0 Å². The number of urea groups is 1. The molecule has 0 saturated carbocycles. The number of β-amino-alcohol motifs (C(OH)–C–C–N with tert-alkyl or cyclic N) is 1. The van der Waals surface area contributed by atoms with E-state index >= 15 is 0 Å². The molecule has 0 aromatic heterocycles. The Morgan fingerprint density at radius 3 is 2.63 bits per heavy atom. The van der Waals surface area contributed by atoms with Gasteiger partial charge >= 0.3 is 12.0 Å². The Labute approximate surface area is 112 Å². The maximum Gasteiger partial charge on any atom is 0.326 e. The van der Waals surface area contributed by atoms with E-state index in [1.54, 1.807) is 12.0 Å². The molecule has 2 N–H and O–H groups in total. The molecule has 1 rings (SSSR count). The Hall–Kier alpha value is -1.34. The van der Waals surface area contributed by atoms with Crippen LogP contribution in [0.15, 0.2) is 0 Å². The molecule has 0 aromatic carbocycles. The molecule has 1 aliphatic heterocycles. The van der Waals surface area contributed by atoms with Crippen LogP contribution in [0.1, 0.15) is 20.3 Å². The summed E-state index contributed by atoms with van der Waals surface area (Å²) in [6, 6.07) is -1.46. The van der Waals surface area contributed by atoms with Gasteiger partial charge in [-0.2, -0.15) is 0 Å². The van der Waals surface area contributed by atoms with Gasteiger partial charge in [-0.1, -0.05) is 0 Å². The van der Waals surface area contributed by atoms with Gasteiger partial charge in [0, 0.05) is 26.6 Å². The average molecular weight is 274 g/mol. The largest absolute Gasteiger partial charge is 0.480 e. The van der Waals surface area contributed by atoms with Crippen molar-refractivity contribution in [2.75, 3.05) is 26.8 Å². The summed E-state index contributed by atoms with van der Waals surface area (Å²) in [4.78, 5) is 26.3. The minimum Gasteiger partial charge on any atom is -0.480 e. The molecule has 1 aliphatic rings. The number of ether oxygens (including phenoxy) is 1. The first-order chi connectivity index (χ1) is 8.92. The third kappa shape index (κ3) is 3.57. The van der Waals surface area contributed by atoms with Crippen molar-refractivity contribution < 1.29 is 24.5 Å². The number of methoxy groups -OCH3 is 1. The van der Waals surface area contributed by atoms with Crippen molar-refractivity contribution in [1.82, 2.24) is 9.80 Å². The standard InChI is InChI=1S/C12H22N2O5/c1-4-13(8(2)7-19-3)12(18)14-6-9(15)5-10(14)11(16)17/h8-10,15H,4-7H2,1-3H3,(H,16,17). The molecule has 0 aromatic rings. The number of carbonyl (C=O) groups excluding carboxylic acids is 1. The molecule has 1 heterocycles. The molecule has 0 radical (unpaired) electrons. The van der Waals surface area contributed by atoms with Gasteiger partial charge in [0.15, 0.2) is 0 Å². The number of hydrogen-bond donors (Lipinski definition) is 2. The summed E-state index contributed by atoms with van der Waals surface area (Å²) in [7, 11) is 1.55. The second-order valence-electron chi connectivity index (χ2n) is 4.77.